The molecule has 5 nitrogen and oxygen atoms in total. The number of anilines is 2. The van der Waals surface area contributed by atoms with E-state index in [2.05, 4.69) is 15.3 Å². The Kier molecular flexibility index (Phi) is 5.15. The van der Waals surface area contributed by atoms with E-state index in [1.807, 2.05) is 0 Å². The van der Waals surface area contributed by atoms with Crippen molar-refractivity contribution in [2.24, 2.45) is 0 Å². The highest BCUT2D eigenvalue weighted by atomic mass is 35.5. The molecular formula is C17H13ClF3N3O2. The second-order valence-electron chi connectivity index (χ2n) is 5.41. The molecule has 9 heteroatoms. The van der Waals surface area contributed by atoms with Gasteiger partial charge in [-0.2, -0.15) is 13.2 Å². The molecule has 0 amide bonds. The highest BCUT2D eigenvalue weighted by Crippen LogP contribution is 2.28. The van der Waals surface area contributed by atoms with Gasteiger partial charge in [-0.3, -0.25) is 0 Å². The minimum atomic E-state index is -4.72. The van der Waals surface area contributed by atoms with Crippen molar-refractivity contribution in [3.63, 3.8) is 0 Å². The van der Waals surface area contributed by atoms with Gasteiger partial charge in [0.2, 0.25) is 0 Å². The van der Waals surface area contributed by atoms with Gasteiger partial charge in [0.1, 0.15) is 23.3 Å². The third-order valence-corrected chi connectivity index (χ3v) is 3.74. The number of ether oxygens (including phenoxy) is 1. The zero-order valence-electron chi connectivity index (χ0n) is 13.2. The van der Waals surface area contributed by atoms with Gasteiger partial charge in [-0.1, -0.05) is 11.6 Å². The summed E-state index contributed by atoms with van der Waals surface area (Å²) < 4.78 is 42.0. The zero-order chi connectivity index (χ0) is 18.7. The van der Waals surface area contributed by atoms with Gasteiger partial charge >= 0.3 is 6.18 Å². The molecule has 1 atom stereocenters. The van der Waals surface area contributed by atoms with Crippen LogP contribution in [0.15, 0.2) is 48.8 Å². The zero-order valence-corrected chi connectivity index (χ0v) is 13.9. The summed E-state index contributed by atoms with van der Waals surface area (Å²) >= 11 is 5.75. The molecule has 0 fully saturated rings. The second-order valence-corrected chi connectivity index (χ2v) is 5.79. The maximum Gasteiger partial charge on any atom is 0.417 e. The van der Waals surface area contributed by atoms with Crippen LogP contribution in [0.3, 0.4) is 0 Å². The average molecular weight is 384 g/mol. The molecule has 2 heterocycles. The number of rotatable bonds is 5. The van der Waals surface area contributed by atoms with E-state index in [1.165, 1.54) is 6.07 Å². The lowest BCUT2D eigenvalue weighted by atomic mass is 10.1. The summed E-state index contributed by atoms with van der Waals surface area (Å²) in [5.41, 5.74) is 0.683. The number of nitrogens with zero attached hydrogens (tertiary/aromatic N) is 2. The molecule has 0 aliphatic carbocycles. The van der Waals surface area contributed by atoms with Gasteiger partial charge in [0.25, 0.3) is 0 Å². The summed E-state index contributed by atoms with van der Waals surface area (Å²) in [6, 6.07) is 9.83. The van der Waals surface area contributed by atoms with Gasteiger partial charge < -0.3 is 15.2 Å². The topological polar surface area (TPSA) is 67.3 Å². The Labute approximate surface area is 151 Å². The maximum absolute atomic E-state index is 12.3. The number of aromatic nitrogens is 2. The predicted octanol–water partition coefficient (Wildman–Crippen LogP) is 4.33. The third kappa shape index (κ3) is 4.33. The molecule has 2 aromatic heterocycles. The highest BCUT2D eigenvalue weighted by molar-refractivity contribution is 6.29. The lowest BCUT2D eigenvalue weighted by Crippen LogP contribution is -2.34. The Morgan fingerprint density at radius 1 is 1.15 bits per heavy atom. The molecule has 136 valence electrons. The van der Waals surface area contributed by atoms with Crippen LogP contribution in [0.5, 0.6) is 5.75 Å². The summed E-state index contributed by atoms with van der Waals surface area (Å²) in [6.45, 7) is -0.873. The third-order valence-electron chi connectivity index (χ3n) is 3.51. The summed E-state index contributed by atoms with van der Waals surface area (Å²) in [5.74, 6) is 0.764. The molecule has 0 aliphatic heterocycles. The van der Waals surface area contributed by atoms with E-state index < -0.39 is 18.9 Å². The molecule has 0 saturated heterocycles. The van der Waals surface area contributed by atoms with Crippen LogP contribution >= 0.6 is 11.6 Å². The maximum atomic E-state index is 12.3. The molecule has 3 rings (SSSR count). The molecule has 26 heavy (non-hydrogen) atoms. The monoisotopic (exact) mass is 383 g/mol. The van der Waals surface area contributed by atoms with Crippen molar-refractivity contribution in [2.45, 2.75) is 12.3 Å². The first kappa shape index (κ1) is 18.2. The van der Waals surface area contributed by atoms with Gasteiger partial charge in [-0.25, -0.2) is 9.97 Å². The lowest BCUT2D eigenvalue weighted by Gasteiger charge is -2.15. The number of halogens is 4. The van der Waals surface area contributed by atoms with Crippen molar-refractivity contribution < 1.29 is 23.0 Å². The summed E-state index contributed by atoms with van der Waals surface area (Å²) in [4.78, 5) is 8.23. The van der Waals surface area contributed by atoms with Gasteiger partial charge in [-0.05, 0) is 41.8 Å². The SMILES string of the molecule is OC(COc1ccc2c(Nc3ccc(Cl)nc3)nccc2c1)C(F)(F)F. The molecular weight excluding hydrogens is 371 g/mol. The number of benzene rings is 1. The van der Waals surface area contributed by atoms with E-state index >= 15 is 0 Å². The number of alkyl halides is 3. The first-order valence-electron chi connectivity index (χ1n) is 7.48. The Morgan fingerprint density at radius 2 is 1.96 bits per heavy atom. The minimum absolute atomic E-state index is 0.214. The van der Waals surface area contributed by atoms with Crippen LogP contribution in [-0.2, 0) is 0 Å². The van der Waals surface area contributed by atoms with Gasteiger partial charge in [0.15, 0.2) is 6.10 Å². The van der Waals surface area contributed by atoms with Gasteiger partial charge in [0.05, 0.1) is 11.9 Å². The largest absolute Gasteiger partial charge is 0.491 e. The van der Waals surface area contributed by atoms with Crippen LogP contribution in [0.4, 0.5) is 24.7 Å². The van der Waals surface area contributed by atoms with Crippen molar-refractivity contribution in [3.8, 4) is 5.75 Å². The number of nitrogens with one attached hydrogen (secondary N) is 1. The summed E-state index contributed by atoms with van der Waals surface area (Å²) in [6.07, 6.45) is -4.14. The Bertz CT molecular complexity index is 904. The van der Waals surface area contributed by atoms with Gasteiger partial charge in [0, 0.05) is 11.6 Å². The van der Waals surface area contributed by atoms with Crippen LogP contribution in [-0.4, -0.2) is 34.0 Å². The fourth-order valence-corrected chi connectivity index (χ4v) is 2.31. The second kappa shape index (κ2) is 7.35. The normalized spacial score (nSPS) is 12.8. The van der Waals surface area contributed by atoms with E-state index in [4.69, 9.17) is 21.4 Å². The summed E-state index contributed by atoms with van der Waals surface area (Å²) in [7, 11) is 0. The Hall–Kier alpha value is -2.58. The van der Waals surface area contributed by atoms with Crippen molar-refractivity contribution in [1.82, 2.24) is 9.97 Å². The van der Waals surface area contributed by atoms with Crippen LogP contribution in [0.25, 0.3) is 10.8 Å². The standard InChI is InChI=1S/C17H13ClF3N3O2/c18-15-4-1-11(8-23-15)24-16-13-3-2-12(7-10(13)5-6-22-16)26-9-14(25)17(19,20)21/h1-8,14,25H,9H2,(H,22,24). The van der Waals surface area contributed by atoms with E-state index in [1.54, 1.807) is 42.7 Å². The molecule has 1 aromatic carbocycles. The average Bonchev–Trinajstić information content (AvgIpc) is 2.60. The van der Waals surface area contributed by atoms with Crippen LogP contribution < -0.4 is 10.1 Å². The fraction of sp³-hybridized carbons (Fsp3) is 0.176. The number of pyridine rings is 2. The van der Waals surface area contributed by atoms with Crippen molar-refractivity contribution in [2.75, 3.05) is 11.9 Å². The number of aliphatic hydroxyl groups excluding tert-OH is 1. The number of hydrogen-bond acceptors (Lipinski definition) is 5. The van der Waals surface area contributed by atoms with Gasteiger partial charge in [-0.15, -0.1) is 0 Å². The van der Waals surface area contributed by atoms with E-state index in [0.29, 0.717) is 22.0 Å². The smallest absolute Gasteiger partial charge is 0.417 e. The quantitative estimate of drug-likeness (QED) is 0.642. The van der Waals surface area contributed by atoms with E-state index in [0.717, 1.165) is 5.39 Å². The highest BCUT2D eigenvalue weighted by Gasteiger charge is 2.38. The Balaban J connectivity index is 1.79. The van der Waals surface area contributed by atoms with Crippen molar-refractivity contribution in [3.05, 3.63) is 53.9 Å². The molecule has 0 aliphatic rings. The van der Waals surface area contributed by atoms with E-state index in [-0.39, 0.29) is 5.75 Å². The van der Waals surface area contributed by atoms with Crippen LogP contribution in [0.1, 0.15) is 0 Å². The number of hydrogen-bond donors (Lipinski definition) is 2. The van der Waals surface area contributed by atoms with Crippen molar-refractivity contribution >= 4 is 33.9 Å². The fourth-order valence-electron chi connectivity index (χ4n) is 2.20. The molecule has 2 N–H and O–H groups in total. The molecule has 0 saturated carbocycles. The summed E-state index contributed by atoms with van der Waals surface area (Å²) in [5, 5.41) is 13.9. The van der Waals surface area contributed by atoms with Crippen LogP contribution in [0.2, 0.25) is 5.15 Å². The number of aliphatic hydroxyl groups is 1. The molecule has 3 aromatic rings. The first-order chi connectivity index (χ1) is 12.3. The molecule has 0 radical (unpaired) electrons. The van der Waals surface area contributed by atoms with Crippen LogP contribution in [0, 0.1) is 0 Å². The Morgan fingerprint density at radius 3 is 2.65 bits per heavy atom. The predicted molar refractivity (Wildman–Crippen MR) is 91.8 cm³/mol. The van der Waals surface area contributed by atoms with Crippen molar-refractivity contribution in [1.29, 1.82) is 0 Å². The minimum Gasteiger partial charge on any atom is -0.491 e. The van der Waals surface area contributed by atoms with E-state index in [9.17, 15) is 13.2 Å². The first-order valence-corrected chi connectivity index (χ1v) is 7.85. The molecule has 0 spiro atoms. The molecule has 0 bridgehead atoms. The lowest BCUT2D eigenvalue weighted by molar-refractivity contribution is -0.210. The molecule has 1 unspecified atom stereocenters. The number of fused-ring (bicyclic) bond motifs is 1.